The normalized spacial score (nSPS) is 12.6. The zero-order chi connectivity index (χ0) is 13.7. The first-order valence-electron chi connectivity index (χ1n) is 6.38. The average Bonchev–Trinajstić information content (AvgIpc) is 2.87. The van der Waals surface area contributed by atoms with Gasteiger partial charge in [0.05, 0.1) is 0 Å². The molecule has 1 heterocycles. The first kappa shape index (κ1) is 14.5. The molecule has 0 amide bonds. The van der Waals surface area contributed by atoms with Crippen LogP contribution in [-0.2, 0) is 12.8 Å². The molecule has 19 heavy (non-hydrogen) atoms. The van der Waals surface area contributed by atoms with Gasteiger partial charge in [0.15, 0.2) is 0 Å². The molecule has 102 valence electrons. The fourth-order valence-electron chi connectivity index (χ4n) is 2.14. The van der Waals surface area contributed by atoms with E-state index in [9.17, 15) is 4.39 Å². The molecule has 1 nitrogen and oxygen atoms in total. The SMILES string of the molecule is CCNC(Cc1cccs1)Cc1cc(F)ccc1Cl. The Balaban J connectivity index is 2.09. The maximum absolute atomic E-state index is 13.3. The van der Waals surface area contributed by atoms with Crippen molar-refractivity contribution in [3.05, 3.63) is 57.0 Å². The largest absolute Gasteiger partial charge is 0.314 e. The molecule has 1 aromatic heterocycles. The Morgan fingerprint density at radius 2 is 2.16 bits per heavy atom. The fourth-order valence-corrected chi connectivity index (χ4v) is 3.12. The van der Waals surface area contributed by atoms with Crippen molar-refractivity contribution in [1.29, 1.82) is 0 Å². The molecule has 0 aliphatic heterocycles. The first-order valence-corrected chi connectivity index (χ1v) is 7.64. The van der Waals surface area contributed by atoms with Crippen LogP contribution >= 0.6 is 22.9 Å². The second-order valence-corrected chi connectivity index (χ2v) is 5.92. The third kappa shape index (κ3) is 4.30. The zero-order valence-electron chi connectivity index (χ0n) is 10.8. The Kier molecular flexibility index (Phi) is 5.37. The summed E-state index contributed by atoms with van der Waals surface area (Å²) in [5.41, 5.74) is 0.865. The smallest absolute Gasteiger partial charge is 0.123 e. The fraction of sp³-hybridized carbons (Fsp3) is 0.333. The summed E-state index contributed by atoms with van der Waals surface area (Å²) in [6.45, 7) is 2.97. The van der Waals surface area contributed by atoms with Crippen molar-refractivity contribution >= 4 is 22.9 Å². The van der Waals surface area contributed by atoms with Crippen LogP contribution in [0.3, 0.4) is 0 Å². The standard InChI is InChI=1S/C15H17ClFNS/c1-2-18-13(10-14-4-3-7-19-14)9-11-8-12(17)5-6-15(11)16/h3-8,13,18H,2,9-10H2,1H3. The minimum atomic E-state index is -0.231. The third-order valence-electron chi connectivity index (χ3n) is 2.99. The number of likely N-dealkylation sites (N-methyl/N-ethyl adjacent to an activating group) is 1. The van der Waals surface area contributed by atoms with E-state index < -0.39 is 0 Å². The molecule has 1 aromatic carbocycles. The van der Waals surface area contributed by atoms with Crippen molar-refractivity contribution in [2.75, 3.05) is 6.54 Å². The molecular formula is C15H17ClFNS. The Labute approximate surface area is 122 Å². The highest BCUT2D eigenvalue weighted by Crippen LogP contribution is 2.20. The van der Waals surface area contributed by atoms with E-state index in [2.05, 4.69) is 29.8 Å². The maximum Gasteiger partial charge on any atom is 0.123 e. The van der Waals surface area contributed by atoms with Gasteiger partial charge >= 0.3 is 0 Å². The molecule has 0 spiro atoms. The number of nitrogens with one attached hydrogen (secondary N) is 1. The molecule has 4 heteroatoms. The van der Waals surface area contributed by atoms with Crippen LogP contribution in [0.5, 0.6) is 0 Å². The molecular weight excluding hydrogens is 281 g/mol. The predicted octanol–water partition coefficient (Wildman–Crippen LogP) is 4.30. The highest BCUT2D eigenvalue weighted by Gasteiger charge is 2.13. The minimum absolute atomic E-state index is 0.231. The lowest BCUT2D eigenvalue weighted by Gasteiger charge is -2.18. The Hall–Kier alpha value is -0.900. The summed E-state index contributed by atoms with van der Waals surface area (Å²) < 4.78 is 13.3. The van der Waals surface area contributed by atoms with Crippen molar-refractivity contribution in [3.63, 3.8) is 0 Å². The summed E-state index contributed by atoms with van der Waals surface area (Å²) in [7, 11) is 0. The lowest BCUT2D eigenvalue weighted by Crippen LogP contribution is -2.32. The van der Waals surface area contributed by atoms with Gasteiger partial charge in [-0.3, -0.25) is 0 Å². The van der Waals surface area contributed by atoms with Gasteiger partial charge in [-0.05, 0) is 54.6 Å². The van der Waals surface area contributed by atoms with E-state index >= 15 is 0 Å². The van der Waals surface area contributed by atoms with Crippen LogP contribution in [0.4, 0.5) is 4.39 Å². The van der Waals surface area contributed by atoms with Crippen molar-refractivity contribution in [1.82, 2.24) is 5.32 Å². The molecule has 0 aliphatic rings. The number of benzene rings is 1. The molecule has 0 radical (unpaired) electrons. The second kappa shape index (κ2) is 7.04. The van der Waals surface area contributed by atoms with Crippen LogP contribution in [0.15, 0.2) is 35.7 Å². The van der Waals surface area contributed by atoms with E-state index in [1.54, 1.807) is 17.4 Å². The van der Waals surface area contributed by atoms with E-state index in [1.165, 1.54) is 17.0 Å². The van der Waals surface area contributed by atoms with Gasteiger partial charge < -0.3 is 5.32 Å². The van der Waals surface area contributed by atoms with E-state index in [-0.39, 0.29) is 11.9 Å². The Bertz CT molecular complexity index is 513. The van der Waals surface area contributed by atoms with Gasteiger partial charge in [0, 0.05) is 15.9 Å². The second-order valence-electron chi connectivity index (χ2n) is 4.48. The minimum Gasteiger partial charge on any atom is -0.314 e. The van der Waals surface area contributed by atoms with Crippen LogP contribution < -0.4 is 5.32 Å². The van der Waals surface area contributed by atoms with Gasteiger partial charge in [-0.15, -0.1) is 11.3 Å². The van der Waals surface area contributed by atoms with Crippen molar-refractivity contribution in [2.45, 2.75) is 25.8 Å². The summed E-state index contributed by atoms with van der Waals surface area (Å²) in [5, 5.41) is 6.15. The number of thiophene rings is 1. The molecule has 0 aliphatic carbocycles. The van der Waals surface area contributed by atoms with Gasteiger partial charge in [0.1, 0.15) is 5.82 Å². The molecule has 0 saturated heterocycles. The summed E-state index contributed by atoms with van der Waals surface area (Å²) >= 11 is 7.88. The van der Waals surface area contributed by atoms with Gasteiger partial charge in [-0.2, -0.15) is 0 Å². The molecule has 0 saturated carbocycles. The van der Waals surface area contributed by atoms with Gasteiger partial charge in [0.2, 0.25) is 0 Å². The lowest BCUT2D eigenvalue weighted by molar-refractivity contribution is 0.522. The quantitative estimate of drug-likeness (QED) is 0.838. The number of hydrogen-bond acceptors (Lipinski definition) is 2. The first-order chi connectivity index (χ1) is 9.19. The highest BCUT2D eigenvalue weighted by atomic mass is 35.5. The van der Waals surface area contributed by atoms with Crippen molar-refractivity contribution < 1.29 is 4.39 Å². The monoisotopic (exact) mass is 297 g/mol. The van der Waals surface area contributed by atoms with Crippen molar-refractivity contribution in [3.8, 4) is 0 Å². The van der Waals surface area contributed by atoms with Crippen LogP contribution in [-0.4, -0.2) is 12.6 Å². The summed E-state index contributed by atoms with van der Waals surface area (Å²) in [6.07, 6.45) is 1.68. The Morgan fingerprint density at radius 3 is 2.84 bits per heavy atom. The van der Waals surface area contributed by atoms with E-state index in [4.69, 9.17) is 11.6 Å². The van der Waals surface area contributed by atoms with E-state index in [0.717, 1.165) is 24.9 Å². The van der Waals surface area contributed by atoms with Gasteiger partial charge in [-0.25, -0.2) is 4.39 Å². The van der Waals surface area contributed by atoms with Gasteiger partial charge in [-0.1, -0.05) is 24.6 Å². The van der Waals surface area contributed by atoms with Crippen LogP contribution in [0.2, 0.25) is 5.02 Å². The maximum atomic E-state index is 13.3. The van der Waals surface area contributed by atoms with Gasteiger partial charge in [0.25, 0.3) is 0 Å². The summed E-state index contributed by atoms with van der Waals surface area (Å²) in [6, 6.07) is 9.01. The third-order valence-corrected chi connectivity index (χ3v) is 4.26. The summed E-state index contributed by atoms with van der Waals surface area (Å²) in [4.78, 5) is 1.33. The summed E-state index contributed by atoms with van der Waals surface area (Å²) in [5.74, 6) is -0.231. The molecule has 1 N–H and O–H groups in total. The van der Waals surface area contributed by atoms with Crippen LogP contribution in [0.1, 0.15) is 17.4 Å². The molecule has 1 unspecified atom stereocenters. The number of rotatable bonds is 6. The molecule has 1 atom stereocenters. The molecule has 0 fully saturated rings. The molecule has 0 bridgehead atoms. The van der Waals surface area contributed by atoms with E-state index in [1.807, 2.05) is 0 Å². The van der Waals surface area contributed by atoms with Crippen LogP contribution in [0, 0.1) is 5.82 Å². The van der Waals surface area contributed by atoms with E-state index in [0.29, 0.717) is 5.02 Å². The van der Waals surface area contributed by atoms with Crippen molar-refractivity contribution in [2.24, 2.45) is 0 Å². The van der Waals surface area contributed by atoms with Crippen LogP contribution in [0.25, 0.3) is 0 Å². The molecule has 2 aromatic rings. The topological polar surface area (TPSA) is 12.0 Å². The predicted molar refractivity (Wildman–Crippen MR) is 80.6 cm³/mol. The number of hydrogen-bond donors (Lipinski definition) is 1. The zero-order valence-corrected chi connectivity index (χ0v) is 12.4. The highest BCUT2D eigenvalue weighted by molar-refractivity contribution is 7.09. The Morgan fingerprint density at radius 1 is 1.32 bits per heavy atom. The number of halogens is 2. The average molecular weight is 298 g/mol. The molecule has 2 rings (SSSR count). The lowest BCUT2D eigenvalue weighted by atomic mass is 10.0.